The number of carbonyl (C=O) groups excluding carboxylic acids is 2. The van der Waals surface area contributed by atoms with E-state index in [0.29, 0.717) is 94.2 Å². The highest BCUT2D eigenvalue weighted by Gasteiger charge is 2.30. The number of hydrogen-bond donors (Lipinski definition) is 10. The minimum Gasteiger partial charge on any atom is -0.379 e. The first-order chi connectivity index (χ1) is 67.9. The van der Waals surface area contributed by atoms with E-state index in [0.717, 1.165) is 98.3 Å². The van der Waals surface area contributed by atoms with Crippen LogP contribution in [0.2, 0.25) is 30.1 Å². The van der Waals surface area contributed by atoms with E-state index in [-0.39, 0.29) is 27.2 Å². The molecule has 0 spiro atoms. The van der Waals surface area contributed by atoms with Gasteiger partial charge in [0.05, 0.1) is 61.6 Å². The molecule has 2 atom stereocenters. The molecule has 0 radical (unpaired) electrons. The van der Waals surface area contributed by atoms with Gasteiger partial charge in [0.1, 0.15) is 0 Å². The fraction of sp³-hybridized carbons (Fsp3) is 0.170. The van der Waals surface area contributed by atoms with Crippen LogP contribution >= 0.6 is 191 Å². The van der Waals surface area contributed by atoms with Crippen LogP contribution in [0.3, 0.4) is 0 Å². The van der Waals surface area contributed by atoms with Crippen molar-refractivity contribution in [2.75, 3.05) is 0 Å². The van der Waals surface area contributed by atoms with Crippen LogP contribution in [-0.4, -0.2) is 67.1 Å². The standard InChI is InChI=1S/C17H13NO2S.C17H15NS.C13H12BrNS.C13H12ClNS.C12H11ClN2S.C12H12N2S.2C10H11Cl2NS.C8H10N2S/c1-10(18)21-9-11-6-7-14-15(8-11)17(20)13-5-3-2-4-12(13)16(14)19;1-12(18)19-11-17-15-8-4-2-6-13(15)10-14-7-3-5-9-16(14)17;1-9(15)16-8-11-7-6-10-4-2-3-5-12(10)13(11)14;1-9(15)16-8-10-6-7-13(14)12-5-3-2-4-11(10)12;13-11-6-5-8(7-16-12(14)15)9-3-1-2-4-10(9)11;1-9(13)15-8-11-7-6-10-4-2-3-5-12(10)14-11;1-6(14-7(2)13)9-4-3-8(11)5-10(9)12;1-6(14-7(2)13)8-3-4-9(11)10(12)5-8;1-7(9)11-6-8-2-4-10-5-3-8/h2-8,18H,9H2,1H3;2-10,18H,11H2,1H3;2*2-7,15H,8H2,1H3;1-6H,7H2,(H3,14,15);2-7,13H,8H2,1H3;2*3-6,13H,1-2H3;2-5,9H,6H2,1H3. The molecule has 2 aromatic heterocycles. The van der Waals surface area contributed by atoms with Gasteiger partial charge >= 0.3 is 0 Å². The Labute approximate surface area is 908 Å². The van der Waals surface area contributed by atoms with Crippen LogP contribution in [-0.2, 0) is 40.3 Å². The zero-order chi connectivity index (χ0) is 103. The Kier molecular flexibility index (Phi) is 48.9. The Morgan fingerprint density at radius 2 is 0.739 bits per heavy atom. The number of thioether (sulfide) groups is 9. The van der Waals surface area contributed by atoms with Crippen molar-refractivity contribution in [1.29, 1.82) is 48.7 Å². The van der Waals surface area contributed by atoms with E-state index in [4.69, 9.17) is 124 Å². The summed E-state index contributed by atoms with van der Waals surface area (Å²) in [5, 5.41) is 89.2. The second kappa shape index (κ2) is 59.8. The molecule has 14 aromatic carbocycles. The molecule has 30 heteroatoms. The van der Waals surface area contributed by atoms with E-state index in [1.165, 1.54) is 131 Å². The number of pyridine rings is 2. The van der Waals surface area contributed by atoms with Gasteiger partial charge in [0.25, 0.3) is 0 Å². The average Bonchev–Trinajstić information content (AvgIpc) is 0.758. The Balaban J connectivity index is 0.000000179. The maximum absolute atomic E-state index is 12.5. The lowest BCUT2D eigenvalue weighted by molar-refractivity contribution is 0.0979. The van der Waals surface area contributed by atoms with Crippen LogP contribution in [0.5, 0.6) is 0 Å². The summed E-state index contributed by atoms with van der Waals surface area (Å²) in [5.41, 5.74) is 18.5. The van der Waals surface area contributed by atoms with Crippen molar-refractivity contribution in [3.05, 3.63) is 411 Å². The summed E-state index contributed by atoms with van der Waals surface area (Å²) >= 11 is 52.9. The smallest absolute Gasteiger partial charge is 0.194 e. The zero-order valence-electron chi connectivity index (χ0n) is 79.6. The molecule has 2 unspecified atom stereocenters. The molecule has 11 N–H and O–H groups in total. The van der Waals surface area contributed by atoms with Gasteiger partial charge in [-0.3, -0.25) is 68.2 Å². The monoisotopic (exact) mass is 2230 g/mol. The van der Waals surface area contributed by atoms with Crippen molar-refractivity contribution in [3.8, 4) is 0 Å². The fourth-order valence-corrected chi connectivity index (χ4v) is 22.0. The molecular formula is C112H107BrCl6N12O2S9. The first kappa shape index (κ1) is 116. The molecule has 0 aliphatic heterocycles. The third-order valence-electron chi connectivity index (χ3n) is 20.7. The number of rotatable bonds is 18. The molecule has 2 heterocycles. The van der Waals surface area contributed by atoms with Crippen LogP contribution in [0.25, 0.3) is 64.8 Å². The second-order valence-corrected chi connectivity index (χ2v) is 46.2. The Morgan fingerprint density at radius 1 is 0.324 bits per heavy atom. The van der Waals surface area contributed by atoms with Gasteiger partial charge in [0, 0.05) is 126 Å². The van der Waals surface area contributed by atoms with Crippen LogP contribution < -0.4 is 5.73 Å². The third kappa shape index (κ3) is 37.5. The SMILES string of the molecule is CC(=N)SC(C)c1ccc(Cl)c(Cl)c1.CC(=N)SC(C)c1ccc(Cl)cc1Cl.CC(=N)SCc1c2ccccc2cc2ccccc12.CC(=N)SCc1ccc(Cl)c2ccccc12.CC(=N)SCc1ccc2c(c1)C(=O)c1ccccc1C2=O.CC(=N)SCc1ccc2ccccc2c1Br.CC(=N)SCc1ccc2ccccc2n1.CC(=N)SCc1ccncc1.N=C(N)SCc1ccc(Cl)c2ccccc12. The fourth-order valence-electron chi connectivity index (χ4n) is 14.0. The van der Waals surface area contributed by atoms with Crippen molar-refractivity contribution >= 4 is 313 Å². The average molecular weight is 2230 g/mol. The normalized spacial score (nSPS) is 11.3. The molecule has 17 rings (SSSR count). The molecule has 142 heavy (non-hydrogen) atoms. The molecule has 0 saturated carbocycles. The molecule has 1 aliphatic rings. The van der Waals surface area contributed by atoms with E-state index in [1.807, 2.05) is 180 Å². The number of fused-ring (bicyclic) bond motifs is 8. The van der Waals surface area contributed by atoms with Crippen LogP contribution in [0, 0.1) is 48.7 Å². The minimum atomic E-state index is -0.0985. The number of hydrogen-bond acceptors (Lipinski definition) is 22. The van der Waals surface area contributed by atoms with E-state index in [9.17, 15) is 9.59 Å². The van der Waals surface area contributed by atoms with Crippen LogP contribution in [0.1, 0.15) is 162 Å². The van der Waals surface area contributed by atoms with Crippen LogP contribution in [0.15, 0.2) is 308 Å². The number of halogens is 7. The largest absolute Gasteiger partial charge is 0.379 e. The predicted molar refractivity (Wildman–Crippen MR) is 640 cm³/mol. The first-order valence-electron chi connectivity index (χ1n) is 44.2. The molecule has 14 nitrogen and oxygen atoms in total. The summed E-state index contributed by atoms with van der Waals surface area (Å²) in [4.78, 5) is 33.4. The summed E-state index contributed by atoms with van der Waals surface area (Å²) < 4.78 is 1.15. The number of nitrogens with zero attached hydrogens (tertiary/aromatic N) is 2. The summed E-state index contributed by atoms with van der Waals surface area (Å²) in [6.45, 7) is 18.4. The van der Waals surface area contributed by atoms with Gasteiger partial charge in [-0.1, -0.05) is 294 Å². The second-order valence-electron chi connectivity index (χ2n) is 31.7. The molecule has 0 fully saturated rings. The highest BCUT2D eigenvalue weighted by molar-refractivity contribution is 9.10. The zero-order valence-corrected chi connectivity index (χ0v) is 93.1. The van der Waals surface area contributed by atoms with Crippen molar-refractivity contribution in [1.82, 2.24) is 9.97 Å². The van der Waals surface area contributed by atoms with E-state index in [1.54, 1.807) is 131 Å². The van der Waals surface area contributed by atoms with Crippen molar-refractivity contribution in [2.24, 2.45) is 5.73 Å². The number of aromatic nitrogens is 2. The maximum Gasteiger partial charge on any atom is 0.194 e. The Morgan fingerprint density at radius 3 is 1.26 bits per heavy atom. The molecular weight excluding hydrogens is 2130 g/mol. The number of ketones is 2. The van der Waals surface area contributed by atoms with Gasteiger partial charge in [-0.2, -0.15) is 0 Å². The van der Waals surface area contributed by atoms with E-state index >= 15 is 0 Å². The quantitative estimate of drug-likeness (QED) is 0.0217. The van der Waals surface area contributed by atoms with Crippen LogP contribution in [0.4, 0.5) is 0 Å². The number of amidine groups is 1. The lowest BCUT2D eigenvalue weighted by Gasteiger charge is -2.17. The third-order valence-corrected chi connectivity index (χ3v) is 31.7. The number of carbonyl (C=O) groups is 2. The molecule has 0 bridgehead atoms. The number of benzene rings is 14. The predicted octanol–water partition coefficient (Wildman–Crippen LogP) is 37.4. The molecule has 1 aliphatic carbocycles. The first-order valence-corrected chi connectivity index (χ1v) is 56.0. The van der Waals surface area contributed by atoms with E-state index in [2.05, 4.69) is 123 Å². The number of nitrogens with one attached hydrogen (secondary N) is 9. The summed E-state index contributed by atoms with van der Waals surface area (Å²) in [6, 6.07) is 95.2. The van der Waals surface area contributed by atoms with Gasteiger partial charge in [-0.05, 0) is 252 Å². The lowest BCUT2D eigenvalue weighted by atomic mass is 9.83. The van der Waals surface area contributed by atoms with Gasteiger partial charge in [0.2, 0.25) is 0 Å². The molecule has 730 valence electrons. The van der Waals surface area contributed by atoms with Gasteiger partial charge in [-0.25, -0.2) is 0 Å². The van der Waals surface area contributed by atoms with Crippen molar-refractivity contribution < 1.29 is 9.59 Å². The van der Waals surface area contributed by atoms with Gasteiger partial charge < -0.3 is 5.73 Å². The minimum absolute atomic E-state index is 0.0948. The highest BCUT2D eigenvalue weighted by Crippen LogP contribution is 2.40. The topological polar surface area (TPSA) is 301 Å². The van der Waals surface area contributed by atoms with Gasteiger partial charge in [0.15, 0.2) is 16.7 Å². The van der Waals surface area contributed by atoms with Gasteiger partial charge in [-0.15, -0.1) is 94.1 Å². The molecule has 16 aromatic rings. The summed E-state index contributed by atoms with van der Waals surface area (Å²) in [7, 11) is 0. The number of para-hydroxylation sites is 1. The van der Waals surface area contributed by atoms with E-state index < -0.39 is 0 Å². The molecule has 0 amide bonds. The molecule has 0 saturated heterocycles. The Hall–Kier alpha value is -9.52. The lowest BCUT2D eigenvalue weighted by Crippen LogP contribution is -2.20. The summed E-state index contributed by atoms with van der Waals surface area (Å²) in [6.07, 6.45) is 3.55. The highest BCUT2D eigenvalue weighted by atomic mass is 79.9. The van der Waals surface area contributed by atoms with Crippen molar-refractivity contribution in [2.45, 2.75) is 120 Å². The van der Waals surface area contributed by atoms with Crippen molar-refractivity contribution in [3.63, 3.8) is 0 Å². The number of nitrogens with two attached hydrogens (primary N) is 1. The summed E-state index contributed by atoms with van der Waals surface area (Å²) in [5.74, 6) is 5.32. The maximum atomic E-state index is 12.5. The Bertz CT molecular complexity index is 7090.